The highest BCUT2D eigenvalue weighted by molar-refractivity contribution is 5.97. The molecular weight excluding hydrogens is 402 g/mol. The number of carbonyl (C=O) groups is 4. The molecule has 1 heterocycles. The van der Waals surface area contributed by atoms with Crippen LogP contribution in [0.4, 0.5) is 4.79 Å². The van der Waals surface area contributed by atoms with E-state index >= 15 is 0 Å². The first-order valence-electron chi connectivity index (χ1n) is 10.1. The molecular formula is C21H33N5O5. The quantitative estimate of drug-likeness (QED) is 0.470. The molecule has 0 unspecified atom stereocenters. The Labute approximate surface area is 182 Å². The molecule has 3 N–H and O–H groups in total. The molecule has 1 aromatic heterocycles. The number of aromatic nitrogens is 2. The van der Waals surface area contributed by atoms with Crippen molar-refractivity contribution in [2.45, 2.75) is 66.4 Å². The molecule has 3 amide bonds. The number of hydrazine groups is 1. The van der Waals surface area contributed by atoms with Crippen LogP contribution < -0.4 is 11.2 Å². The second-order valence-electron chi connectivity index (χ2n) is 9.50. The summed E-state index contributed by atoms with van der Waals surface area (Å²) < 4.78 is 5.30. The van der Waals surface area contributed by atoms with Gasteiger partial charge in [-0.15, -0.1) is 0 Å². The van der Waals surface area contributed by atoms with E-state index in [4.69, 9.17) is 10.5 Å². The van der Waals surface area contributed by atoms with E-state index in [1.807, 2.05) is 20.8 Å². The molecule has 0 fully saturated rings. The second kappa shape index (κ2) is 10.8. The summed E-state index contributed by atoms with van der Waals surface area (Å²) in [5.74, 6) is -2.25. The van der Waals surface area contributed by atoms with Gasteiger partial charge in [-0.1, -0.05) is 20.8 Å². The number of amides is 3. The van der Waals surface area contributed by atoms with Gasteiger partial charge in [-0.25, -0.2) is 14.8 Å². The minimum Gasteiger partial charge on any atom is -0.442 e. The zero-order valence-electron chi connectivity index (χ0n) is 19.1. The summed E-state index contributed by atoms with van der Waals surface area (Å²) in [6.07, 6.45) is 3.48. The lowest BCUT2D eigenvalue weighted by Gasteiger charge is -2.30. The third-order valence-corrected chi connectivity index (χ3v) is 3.95. The average Bonchev–Trinajstić information content (AvgIpc) is 2.62. The Hall–Kier alpha value is -3.04. The van der Waals surface area contributed by atoms with Crippen LogP contribution in [0.25, 0.3) is 0 Å². The van der Waals surface area contributed by atoms with Crippen molar-refractivity contribution in [2.75, 3.05) is 6.54 Å². The topological polar surface area (TPSA) is 145 Å². The molecule has 0 saturated heterocycles. The molecule has 1 rings (SSSR count). The van der Waals surface area contributed by atoms with Crippen molar-refractivity contribution in [2.24, 2.45) is 17.1 Å². The molecule has 0 aromatic carbocycles. The predicted molar refractivity (Wildman–Crippen MR) is 113 cm³/mol. The predicted octanol–water partition coefficient (Wildman–Crippen LogP) is 2.25. The largest absolute Gasteiger partial charge is 0.442 e. The summed E-state index contributed by atoms with van der Waals surface area (Å²) in [6.45, 7) is 10.7. The van der Waals surface area contributed by atoms with Crippen molar-refractivity contribution in [1.82, 2.24) is 20.4 Å². The molecule has 1 atom stereocenters. The van der Waals surface area contributed by atoms with Crippen LogP contribution in [0, 0.1) is 11.3 Å². The van der Waals surface area contributed by atoms with Gasteiger partial charge < -0.3 is 10.5 Å². The number of hydrogen-bond acceptors (Lipinski definition) is 7. The Morgan fingerprint density at radius 1 is 1.13 bits per heavy atom. The first kappa shape index (κ1) is 26.0. The zero-order valence-corrected chi connectivity index (χ0v) is 19.1. The van der Waals surface area contributed by atoms with E-state index < -0.39 is 29.4 Å². The standard InChI is InChI=1S/C21H33N5O5/c1-20(2,3)12-14(11-16(27)15-13-23-8-9-24-15)18(29)25-26(10-7-17(22)28)19(30)31-21(4,5)6/h8-9,13-14H,7,10-12H2,1-6H3,(H2,22,28)(H,25,29)/t14-/m0/s1. The molecule has 0 bridgehead atoms. The molecule has 10 nitrogen and oxygen atoms in total. The first-order valence-corrected chi connectivity index (χ1v) is 10.1. The average molecular weight is 436 g/mol. The van der Waals surface area contributed by atoms with Gasteiger partial charge in [-0.2, -0.15) is 0 Å². The van der Waals surface area contributed by atoms with Gasteiger partial charge in [0.05, 0.1) is 12.7 Å². The smallest absolute Gasteiger partial charge is 0.429 e. The Morgan fingerprint density at radius 3 is 2.26 bits per heavy atom. The van der Waals surface area contributed by atoms with Crippen molar-refractivity contribution in [3.05, 3.63) is 24.3 Å². The second-order valence-corrected chi connectivity index (χ2v) is 9.50. The molecule has 172 valence electrons. The maximum atomic E-state index is 13.0. The zero-order chi connectivity index (χ0) is 23.8. The number of primary amides is 1. The summed E-state index contributed by atoms with van der Waals surface area (Å²) in [7, 11) is 0. The van der Waals surface area contributed by atoms with Crippen molar-refractivity contribution < 1.29 is 23.9 Å². The summed E-state index contributed by atoms with van der Waals surface area (Å²) >= 11 is 0. The van der Waals surface area contributed by atoms with E-state index in [0.717, 1.165) is 5.01 Å². The van der Waals surface area contributed by atoms with Gasteiger partial charge in [-0.05, 0) is 32.6 Å². The maximum Gasteiger partial charge on any atom is 0.429 e. The van der Waals surface area contributed by atoms with Crippen LogP contribution in [-0.2, 0) is 14.3 Å². The fraction of sp³-hybridized carbons (Fsp3) is 0.619. The fourth-order valence-corrected chi connectivity index (χ4v) is 2.72. The molecule has 0 aliphatic heterocycles. The summed E-state index contributed by atoms with van der Waals surface area (Å²) in [5.41, 5.74) is 6.77. The van der Waals surface area contributed by atoms with Gasteiger partial charge >= 0.3 is 6.09 Å². The van der Waals surface area contributed by atoms with Gasteiger partial charge in [0.25, 0.3) is 0 Å². The van der Waals surface area contributed by atoms with Crippen molar-refractivity contribution in [3.63, 3.8) is 0 Å². The van der Waals surface area contributed by atoms with Gasteiger partial charge in [0.15, 0.2) is 5.78 Å². The highest BCUT2D eigenvalue weighted by Gasteiger charge is 2.31. The van der Waals surface area contributed by atoms with Crippen LogP contribution in [0.3, 0.4) is 0 Å². The SMILES string of the molecule is CC(C)(C)C[C@H](CC(=O)c1cnccn1)C(=O)NN(CCC(N)=O)C(=O)OC(C)(C)C. The third kappa shape index (κ3) is 10.5. The monoisotopic (exact) mass is 435 g/mol. The number of carbonyl (C=O) groups excluding carboxylic acids is 4. The number of nitrogens with one attached hydrogen (secondary N) is 1. The molecule has 0 radical (unpaired) electrons. The summed E-state index contributed by atoms with van der Waals surface area (Å²) in [5, 5.41) is 0.917. The lowest BCUT2D eigenvalue weighted by atomic mass is 9.82. The minimum absolute atomic E-state index is 0.111. The van der Waals surface area contributed by atoms with Crippen LogP contribution in [0.1, 0.15) is 71.3 Å². The number of nitrogens with zero attached hydrogens (tertiary/aromatic N) is 3. The minimum atomic E-state index is -0.822. The van der Waals surface area contributed by atoms with Gasteiger partial charge in [-0.3, -0.25) is 24.8 Å². The van der Waals surface area contributed by atoms with Crippen molar-refractivity contribution >= 4 is 23.7 Å². The summed E-state index contributed by atoms with van der Waals surface area (Å²) in [6, 6.07) is 0. The lowest BCUT2D eigenvalue weighted by molar-refractivity contribution is -0.131. The number of hydrogen-bond donors (Lipinski definition) is 2. The first-order chi connectivity index (χ1) is 14.2. The van der Waals surface area contributed by atoms with E-state index in [0.29, 0.717) is 6.42 Å². The van der Waals surface area contributed by atoms with Crippen LogP contribution in [0.5, 0.6) is 0 Å². The maximum absolute atomic E-state index is 13.0. The van der Waals surface area contributed by atoms with Crippen LogP contribution >= 0.6 is 0 Å². The fourth-order valence-electron chi connectivity index (χ4n) is 2.72. The van der Waals surface area contributed by atoms with Crippen LogP contribution in [0.15, 0.2) is 18.6 Å². The van der Waals surface area contributed by atoms with Gasteiger partial charge in [0.1, 0.15) is 11.3 Å². The molecule has 0 aliphatic rings. The molecule has 31 heavy (non-hydrogen) atoms. The number of rotatable bonds is 8. The van der Waals surface area contributed by atoms with Crippen molar-refractivity contribution in [3.8, 4) is 0 Å². The Kier molecular flexibility index (Phi) is 9.08. The van der Waals surface area contributed by atoms with Crippen LogP contribution in [-0.4, -0.2) is 50.8 Å². The molecule has 1 aromatic rings. The Bertz CT molecular complexity index is 784. The lowest BCUT2D eigenvalue weighted by Crippen LogP contribution is -2.51. The summed E-state index contributed by atoms with van der Waals surface area (Å²) in [4.78, 5) is 57.2. The number of ketones is 1. The highest BCUT2D eigenvalue weighted by atomic mass is 16.6. The number of Topliss-reactive ketones (excluding diaryl/α,β-unsaturated/α-hetero) is 1. The van der Waals surface area contributed by atoms with Crippen molar-refractivity contribution in [1.29, 1.82) is 0 Å². The van der Waals surface area contributed by atoms with Crippen LogP contribution in [0.2, 0.25) is 0 Å². The van der Waals surface area contributed by atoms with E-state index in [9.17, 15) is 19.2 Å². The Balaban J connectivity index is 3.03. The third-order valence-electron chi connectivity index (χ3n) is 3.95. The van der Waals surface area contributed by atoms with E-state index in [1.165, 1.54) is 18.6 Å². The van der Waals surface area contributed by atoms with E-state index in [-0.39, 0.29) is 36.3 Å². The molecule has 0 saturated carbocycles. The molecule has 0 spiro atoms. The number of nitrogens with two attached hydrogens (primary N) is 1. The number of ether oxygens (including phenoxy) is 1. The van der Waals surface area contributed by atoms with E-state index in [2.05, 4.69) is 15.4 Å². The van der Waals surface area contributed by atoms with E-state index in [1.54, 1.807) is 20.8 Å². The highest BCUT2D eigenvalue weighted by Crippen LogP contribution is 2.27. The van der Waals surface area contributed by atoms with Gasteiger partial charge in [0.2, 0.25) is 11.8 Å². The normalized spacial score (nSPS) is 12.6. The molecule has 10 heteroatoms. The van der Waals surface area contributed by atoms with Gasteiger partial charge in [0, 0.05) is 31.2 Å². The molecule has 0 aliphatic carbocycles. The Morgan fingerprint density at radius 2 is 1.77 bits per heavy atom.